The second-order valence-electron chi connectivity index (χ2n) is 8.74. The second-order valence-corrected chi connectivity index (χ2v) is 8.74. The maximum absolute atomic E-state index is 14.2. The van der Waals surface area contributed by atoms with Gasteiger partial charge in [-0.2, -0.15) is 10.2 Å². The molecule has 0 radical (unpaired) electrons. The van der Waals surface area contributed by atoms with Crippen molar-refractivity contribution < 1.29 is 17.9 Å². The number of ether oxygens (including phenoxy) is 1. The number of nitrogen functional groups attached to an aromatic ring is 1. The van der Waals surface area contributed by atoms with Gasteiger partial charge in [-0.3, -0.25) is 14.3 Å². The molecule has 0 spiro atoms. The number of hydrogen-bond donors (Lipinski definition) is 2. The fourth-order valence-corrected chi connectivity index (χ4v) is 4.41. The summed E-state index contributed by atoms with van der Waals surface area (Å²) in [5, 5.41) is 13.5. The molecule has 5 aromatic rings. The first-order valence-electron chi connectivity index (χ1n) is 11.9. The molecular formula is C28H20F3N7O2. The minimum Gasteiger partial charge on any atom is -0.404 e. The van der Waals surface area contributed by atoms with E-state index < -0.39 is 23.7 Å². The van der Waals surface area contributed by atoms with Crippen LogP contribution in [-0.2, 0) is 0 Å². The van der Waals surface area contributed by atoms with Crippen molar-refractivity contribution in [1.82, 2.24) is 19.5 Å². The molecule has 3 heterocycles. The lowest BCUT2D eigenvalue weighted by Crippen LogP contribution is -2.26. The maximum atomic E-state index is 14.2. The van der Waals surface area contributed by atoms with E-state index in [-0.39, 0.29) is 28.3 Å². The molecule has 0 saturated carbocycles. The lowest BCUT2D eigenvalue weighted by Gasteiger charge is -2.22. The quantitative estimate of drug-likeness (QED) is 0.292. The molecular weight excluding hydrogens is 523 g/mol. The molecule has 0 saturated heterocycles. The zero-order chi connectivity index (χ0) is 28.4. The van der Waals surface area contributed by atoms with Crippen LogP contribution in [0, 0.1) is 11.3 Å². The highest BCUT2D eigenvalue weighted by Crippen LogP contribution is 2.32. The first-order valence-corrected chi connectivity index (χ1v) is 11.9. The largest absolute Gasteiger partial charge is 0.573 e. The Morgan fingerprint density at radius 1 is 1.07 bits per heavy atom. The van der Waals surface area contributed by atoms with Gasteiger partial charge in [-0.25, -0.2) is 4.98 Å². The number of para-hydroxylation sites is 1. The van der Waals surface area contributed by atoms with Gasteiger partial charge < -0.3 is 15.8 Å². The third kappa shape index (κ3) is 5.25. The summed E-state index contributed by atoms with van der Waals surface area (Å²) in [6, 6.07) is 18.4. The number of hydrogen-bond acceptors (Lipinski definition) is 8. The van der Waals surface area contributed by atoms with Crippen molar-refractivity contribution >= 4 is 22.5 Å². The van der Waals surface area contributed by atoms with E-state index in [0.29, 0.717) is 22.3 Å². The summed E-state index contributed by atoms with van der Waals surface area (Å²) in [6.45, 7) is 1.80. The number of fused-ring (bicyclic) bond motifs is 1. The van der Waals surface area contributed by atoms with E-state index in [9.17, 15) is 23.2 Å². The van der Waals surface area contributed by atoms with Crippen LogP contribution in [0.3, 0.4) is 0 Å². The van der Waals surface area contributed by atoms with Crippen molar-refractivity contribution in [3.05, 3.63) is 101 Å². The Hall–Kier alpha value is -5.44. The Morgan fingerprint density at radius 3 is 2.58 bits per heavy atom. The Morgan fingerprint density at radius 2 is 1.85 bits per heavy atom. The van der Waals surface area contributed by atoms with E-state index >= 15 is 0 Å². The van der Waals surface area contributed by atoms with Crippen LogP contribution in [-0.4, -0.2) is 25.9 Å². The molecule has 1 unspecified atom stereocenters. The van der Waals surface area contributed by atoms with Crippen molar-refractivity contribution in [2.24, 2.45) is 0 Å². The topological polar surface area (TPSA) is 132 Å². The lowest BCUT2D eigenvalue weighted by atomic mass is 9.98. The van der Waals surface area contributed by atoms with E-state index in [4.69, 9.17) is 5.73 Å². The van der Waals surface area contributed by atoms with Crippen molar-refractivity contribution in [1.29, 1.82) is 5.26 Å². The van der Waals surface area contributed by atoms with Crippen molar-refractivity contribution in [2.45, 2.75) is 19.3 Å². The Kier molecular flexibility index (Phi) is 6.79. The van der Waals surface area contributed by atoms with E-state index in [0.717, 1.165) is 6.20 Å². The van der Waals surface area contributed by atoms with Crippen molar-refractivity contribution in [2.75, 3.05) is 11.1 Å². The molecule has 3 aromatic heterocycles. The monoisotopic (exact) mass is 543 g/mol. The standard InChI is InChI=1S/C28H20F3N7O2/c1-16(36-25-19(12-32)14-35-27(33)37-25)23-11-17-6-5-9-22(18-10-21(15-34-13-18)40-28(29,30)31)24(17)26(39)38(23)20-7-3-2-4-8-20/h2-11,13-16H,1H3,(H3,33,35,36,37). The normalized spacial score (nSPS) is 12.1. The Bertz CT molecular complexity index is 1820. The summed E-state index contributed by atoms with van der Waals surface area (Å²) < 4.78 is 44.1. The summed E-state index contributed by atoms with van der Waals surface area (Å²) in [6.07, 6.45) is -1.27. The summed E-state index contributed by atoms with van der Waals surface area (Å²) in [5.41, 5.74) is 7.25. The molecule has 0 fully saturated rings. The molecule has 12 heteroatoms. The number of aromatic nitrogens is 4. The second kappa shape index (κ2) is 10.4. The zero-order valence-corrected chi connectivity index (χ0v) is 20.8. The smallest absolute Gasteiger partial charge is 0.404 e. The first-order chi connectivity index (χ1) is 19.1. The number of anilines is 2. The average molecular weight is 544 g/mol. The van der Waals surface area contributed by atoms with Gasteiger partial charge >= 0.3 is 6.36 Å². The molecule has 0 aliphatic heterocycles. The van der Waals surface area contributed by atoms with Gasteiger partial charge in [0, 0.05) is 23.1 Å². The number of nitrogens with zero attached hydrogens (tertiary/aromatic N) is 5. The summed E-state index contributed by atoms with van der Waals surface area (Å²) >= 11 is 0. The SMILES string of the molecule is CC(Nc1nc(N)ncc1C#N)c1cc2cccc(-c3cncc(OC(F)(F)F)c3)c2c(=O)n1-c1ccccc1. The molecule has 0 aliphatic rings. The van der Waals surface area contributed by atoms with Gasteiger partial charge in [-0.1, -0.05) is 36.4 Å². The minimum atomic E-state index is -4.89. The highest BCUT2D eigenvalue weighted by Gasteiger charge is 2.31. The third-order valence-electron chi connectivity index (χ3n) is 6.07. The number of rotatable bonds is 6. The summed E-state index contributed by atoms with van der Waals surface area (Å²) in [5.74, 6) is -0.323. The van der Waals surface area contributed by atoms with Crippen molar-refractivity contribution in [3.8, 4) is 28.6 Å². The predicted octanol–water partition coefficient (Wildman–Crippen LogP) is 5.37. The fourth-order valence-electron chi connectivity index (χ4n) is 4.41. The average Bonchev–Trinajstić information content (AvgIpc) is 2.92. The van der Waals surface area contributed by atoms with E-state index in [1.807, 2.05) is 12.1 Å². The molecule has 3 N–H and O–H groups in total. The van der Waals surface area contributed by atoms with Gasteiger partial charge in [0.25, 0.3) is 5.56 Å². The Labute approximate surface area is 225 Å². The Balaban J connectivity index is 1.71. The van der Waals surface area contributed by atoms with E-state index in [1.54, 1.807) is 55.5 Å². The van der Waals surface area contributed by atoms with Crippen LogP contribution in [0.2, 0.25) is 0 Å². The highest BCUT2D eigenvalue weighted by molar-refractivity contribution is 5.96. The predicted molar refractivity (Wildman–Crippen MR) is 143 cm³/mol. The molecule has 40 heavy (non-hydrogen) atoms. The minimum absolute atomic E-state index is 0.0253. The van der Waals surface area contributed by atoms with Crippen LogP contribution in [0.15, 0.2) is 84.0 Å². The van der Waals surface area contributed by atoms with Crippen molar-refractivity contribution in [3.63, 3.8) is 0 Å². The molecule has 2 aromatic carbocycles. The van der Waals surface area contributed by atoms with Crippen LogP contribution in [0.1, 0.15) is 24.2 Å². The number of nitrogens with two attached hydrogens (primary N) is 1. The van der Waals surface area contributed by atoms with Gasteiger partial charge in [0.1, 0.15) is 23.2 Å². The number of halogens is 3. The van der Waals surface area contributed by atoms with Gasteiger partial charge in [0.2, 0.25) is 5.95 Å². The number of benzene rings is 2. The maximum Gasteiger partial charge on any atom is 0.573 e. The molecule has 1 atom stereocenters. The van der Waals surface area contributed by atoms with Gasteiger partial charge in [0.15, 0.2) is 0 Å². The van der Waals surface area contributed by atoms with Crippen LogP contribution in [0.25, 0.3) is 27.6 Å². The zero-order valence-electron chi connectivity index (χ0n) is 20.8. The molecule has 0 aliphatic carbocycles. The highest BCUT2D eigenvalue weighted by atomic mass is 19.4. The number of alkyl halides is 3. The number of nitrogens with one attached hydrogen (secondary N) is 1. The molecule has 0 bridgehead atoms. The van der Waals surface area contributed by atoms with Gasteiger partial charge in [0.05, 0.1) is 23.8 Å². The third-order valence-corrected chi connectivity index (χ3v) is 6.07. The number of nitriles is 1. The molecule has 5 rings (SSSR count). The van der Waals surface area contributed by atoms with E-state index in [2.05, 4.69) is 25.0 Å². The fraction of sp³-hybridized carbons (Fsp3) is 0.107. The lowest BCUT2D eigenvalue weighted by molar-refractivity contribution is -0.274. The number of pyridine rings is 2. The molecule has 9 nitrogen and oxygen atoms in total. The van der Waals surface area contributed by atoms with Gasteiger partial charge in [-0.15, -0.1) is 13.2 Å². The summed E-state index contributed by atoms with van der Waals surface area (Å²) in [4.78, 5) is 26.1. The summed E-state index contributed by atoms with van der Waals surface area (Å²) in [7, 11) is 0. The molecule has 0 amide bonds. The van der Waals surface area contributed by atoms with Crippen LogP contribution < -0.4 is 21.3 Å². The first kappa shape index (κ1) is 26.2. The van der Waals surface area contributed by atoms with Gasteiger partial charge in [-0.05, 0) is 42.1 Å². The van der Waals surface area contributed by atoms with Crippen LogP contribution in [0.5, 0.6) is 5.75 Å². The van der Waals surface area contributed by atoms with E-state index in [1.165, 1.54) is 23.0 Å². The van der Waals surface area contributed by atoms with Crippen LogP contribution >= 0.6 is 0 Å². The van der Waals surface area contributed by atoms with Crippen LogP contribution in [0.4, 0.5) is 24.9 Å². The molecule has 200 valence electrons.